The standard InChI is InChI=1S/C17H17ClN2O.C4H6N2O3S/c1-2-20-11-15-14(17(20)21)4-3-5-16(15)19-10-12-6-8-13(18)9-7-12;1-6-2-4(5-3-6)10(7,8)9/h3-9,19H,2,10-11H2,1H3;2-3H,1H3,(H,7,8,9). The molecule has 0 spiro atoms. The van der Waals surface area contributed by atoms with Crippen LogP contribution >= 0.6 is 11.6 Å². The minimum Gasteiger partial charge on any atom is -0.381 e. The molecular weight excluding hydrogens is 440 g/mol. The van der Waals surface area contributed by atoms with Gasteiger partial charge in [-0.25, -0.2) is 4.98 Å². The number of carbonyl (C=O) groups excluding carboxylic acids is 1. The number of fused-ring (bicyclic) bond motifs is 1. The van der Waals surface area contributed by atoms with Crippen molar-refractivity contribution in [2.75, 3.05) is 11.9 Å². The van der Waals surface area contributed by atoms with Crippen molar-refractivity contribution in [1.82, 2.24) is 14.5 Å². The summed E-state index contributed by atoms with van der Waals surface area (Å²) in [5.74, 6) is 0.127. The fourth-order valence-electron chi connectivity index (χ4n) is 3.13. The Morgan fingerprint density at radius 2 is 1.90 bits per heavy atom. The molecule has 0 saturated carbocycles. The molecule has 0 bridgehead atoms. The first-order chi connectivity index (χ1) is 14.7. The van der Waals surface area contributed by atoms with Gasteiger partial charge in [0.05, 0.1) is 6.33 Å². The predicted octanol–water partition coefficient (Wildman–Crippen LogP) is 3.59. The first-order valence-electron chi connectivity index (χ1n) is 9.54. The molecule has 0 atom stereocenters. The Hall–Kier alpha value is -2.88. The van der Waals surface area contributed by atoms with Crippen LogP contribution in [0, 0.1) is 0 Å². The van der Waals surface area contributed by atoms with Crippen molar-refractivity contribution in [2.45, 2.75) is 25.0 Å². The summed E-state index contributed by atoms with van der Waals surface area (Å²) in [4.78, 5) is 17.4. The van der Waals surface area contributed by atoms with E-state index in [2.05, 4.69) is 10.3 Å². The maximum absolute atomic E-state index is 12.2. The zero-order valence-corrected chi connectivity index (χ0v) is 18.7. The van der Waals surface area contributed by atoms with Crippen LogP contribution in [-0.4, -0.2) is 39.9 Å². The van der Waals surface area contributed by atoms with Gasteiger partial charge in [0.25, 0.3) is 5.91 Å². The zero-order chi connectivity index (χ0) is 22.6. The Balaban J connectivity index is 0.000000229. The van der Waals surface area contributed by atoms with Gasteiger partial charge in [-0.05, 0) is 36.8 Å². The SMILES string of the molecule is CCN1Cc2c(NCc3ccc(Cl)cc3)cccc2C1=O.Cn1cnc(S(=O)(=O)O)c1. The number of nitrogens with zero attached hydrogens (tertiary/aromatic N) is 3. The third kappa shape index (κ3) is 5.63. The highest BCUT2D eigenvalue weighted by atomic mass is 35.5. The Morgan fingerprint density at radius 3 is 2.45 bits per heavy atom. The van der Waals surface area contributed by atoms with Crippen LogP contribution in [-0.2, 0) is 30.3 Å². The van der Waals surface area contributed by atoms with Crippen LogP contribution in [0.3, 0.4) is 0 Å². The molecule has 1 amide bonds. The fourth-order valence-corrected chi connectivity index (χ4v) is 3.74. The van der Waals surface area contributed by atoms with Gasteiger partial charge in [0, 0.05) is 54.7 Å². The summed E-state index contributed by atoms with van der Waals surface area (Å²) in [6.07, 6.45) is 2.51. The molecule has 8 nitrogen and oxygen atoms in total. The van der Waals surface area contributed by atoms with Crippen LogP contribution < -0.4 is 5.32 Å². The number of aryl methyl sites for hydroxylation is 1. The Bertz CT molecular complexity index is 1180. The average Bonchev–Trinajstić information content (AvgIpc) is 3.32. The van der Waals surface area contributed by atoms with Crippen molar-refractivity contribution in [1.29, 1.82) is 0 Å². The van der Waals surface area contributed by atoms with Crippen LogP contribution in [0.1, 0.15) is 28.4 Å². The summed E-state index contributed by atoms with van der Waals surface area (Å²) in [6.45, 7) is 4.15. The highest BCUT2D eigenvalue weighted by Crippen LogP contribution is 2.29. The minimum atomic E-state index is -4.11. The summed E-state index contributed by atoms with van der Waals surface area (Å²) in [5, 5.41) is 3.84. The van der Waals surface area contributed by atoms with Crippen LogP contribution in [0.2, 0.25) is 5.02 Å². The summed E-state index contributed by atoms with van der Waals surface area (Å²) in [7, 11) is -2.50. The van der Waals surface area contributed by atoms with Gasteiger partial charge in [-0.1, -0.05) is 29.8 Å². The summed E-state index contributed by atoms with van der Waals surface area (Å²) in [5.41, 5.74) is 4.11. The molecule has 2 heterocycles. The highest BCUT2D eigenvalue weighted by Gasteiger charge is 2.27. The second kappa shape index (κ2) is 9.51. The maximum atomic E-state index is 12.2. The molecule has 3 aromatic rings. The van der Waals surface area contributed by atoms with Crippen molar-refractivity contribution in [3.63, 3.8) is 0 Å². The van der Waals surface area contributed by atoms with Crippen molar-refractivity contribution >= 4 is 33.3 Å². The van der Waals surface area contributed by atoms with E-state index in [0.717, 1.165) is 33.9 Å². The monoisotopic (exact) mass is 462 g/mol. The first-order valence-corrected chi connectivity index (χ1v) is 11.4. The zero-order valence-electron chi connectivity index (χ0n) is 17.1. The summed E-state index contributed by atoms with van der Waals surface area (Å²) >= 11 is 5.89. The van der Waals surface area contributed by atoms with Crippen molar-refractivity contribution in [3.8, 4) is 0 Å². The van der Waals surface area contributed by atoms with Gasteiger partial charge in [-0.15, -0.1) is 0 Å². The molecule has 0 saturated heterocycles. The number of halogens is 1. The molecule has 4 rings (SSSR count). The number of benzene rings is 2. The van der Waals surface area contributed by atoms with Gasteiger partial charge in [0.1, 0.15) is 0 Å². The normalized spacial score (nSPS) is 12.9. The highest BCUT2D eigenvalue weighted by molar-refractivity contribution is 7.85. The average molecular weight is 463 g/mol. The van der Waals surface area contributed by atoms with Gasteiger partial charge in [-0.2, -0.15) is 8.42 Å². The van der Waals surface area contributed by atoms with E-state index in [1.165, 1.54) is 17.1 Å². The number of anilines is 1. The van der Waals surface area contributed by atoms with Gasteiger partial charge < -0.3 is 14.8 Å². The third-order valence-electron chi connectivity index (χ3n) is 4.77. The number of imidazole rings is 1. The van der Waals surface area contributed by atoms with Gasteiger partial charge >= 0.3 is 10.1 Å². The lowest BCUT2D eigenvalue weighted by atomic mass is 10.1. The Morgan fingerprint density at radius 1 is 1.19 bits per heavy atom. The molecule has 1 aromatic heterocycles. The molecule has 31 heavy (non-hydrogen) atoms. The largest absolute Gasteiger partial charge is 0.381 e. The van der Waals surface area contributed by atoms with E-state index in [1.54, 1.807) is 7.05 Å². The van der Waals surface area contributed by atoms with E-state index >= 15 is 0 Å². The lowest BCUT2D eigenvalue weighted by molar-refractivity contribution is 0.0787. The fraction of sp³-hybridized carbons (Fsp3) is 0.238. The number of rotatable bonds is 5. The van der Waals surface area contributed by atoms with E-state index in [-0.39, 0.29) is 10.9 Å². The quantitative estimate of drug-likeness (QED) is 0.561. The second-order valence-electron chi connectivity index (χ2n) is 6.98. The lowest BCUT2D eigenvalue weighted by Gasteiger charge is -2.13. The first kappa shape index (κ1) is 22.8. The number of amides is 1. The molecule has 0 fully saturated rings. The number of aromatic nitrogens is 2. The second-order valence-corrected chi connectivity index (χ2v) is 8.79. The van der Waals surface area contributed by atoms with Crippen molar-refractivity contribution in [3.05, 3.63) is 76.7 Å². The van der Waals surface area contributed by atoms with Crippen molar-refractivity contribution in [2.24, 2.45) is 7.05 Å². The molecule has 0 unspecified atom stereocenters. The molecular formula is C21H23ClN4O4S. The molecule has 0 radical (unpaired) electrons. The van der Waals surface area contributed by atoms with E-state index in [4.69, 9.17) is 16.2 Å². The maximum Gasteiger partial charge on any atom is 0.313 e. The van der Waals surface area contributed by atoms with Crippen LogP contribution in [0.15, 0.2) is 60.0 Å². The molecule has 2 N–H and O–H groups in total. The number of hydrogen-bond donors (Lipinski definition) is 2. The van der Waals surface area contributed by atoms with Crippen LogP contribution in [0.25, 0.3) is 0 Å². The van der Waals surface area contributed by atoms with Gasteiger partial charge in [0.2, 0.25) is 0 Å². The molecule has 164 valence electrons. The molecule has 1 aliphatic heterocycles. The number of carbonyl (C=O) groups is 1. The Labute approximate surface area is 186 Å². The van der Waals surface area contributed by atoms with Crippen LogP contribution in [0.4, 0.5) is 5.69 Å². The van der Waals surface area contributed by atoms with Gasteiger partial charge in [-0.3, -0.25) is 9.35 Å². The molecule has 2 aromatic carbocycles. The Kier molecular flexibility index (Phi) is 6.99. The number of nitrogens with one attached hydrogen (secondary N) is 1. The molecule has 1 aliphatic rings. The van der Waals surface area contributed by atoms with Crippen molar-refractivity contribution < 1.29 is 17.8 Å². The smallest absolute Gasteiger partial charge is 0.313 e. The summed E-state index contributed by atoms with van der Waals surface area (Å²) < 4.78 is 30.5. The predicted molar refractivity (Wildman–Crippen MR) is 119 cm³/mol. The van der Waals surface area contributed by atoms with Crippen LogP contribution in [0.5, 0.6) is 0 Å². The van der Waals surface area contributed by atoms with E-state index in [1.807, 2.05) is 54.3 Å². The topological polar surface area (TPSA) is 105 Å². The van der Waals surface area contributed by atoms with E-state index < -0.39 is 10.1 Å². The summed E-state index contributed by atoms with van der Waals surface area (Å²) in [6, 6.07) is 13.6. The van der Waals surface area contributed by atoms with E-state index in [0.29, 0.717) is 13.1 Å². The van der Waals surface area contributed by atoms with Gasteiger partial charge in [0.15, 0.2) is 5.03 Å². The molecule has 0 aliphatic carbocycles. The molecule has 10 heteroatoms. The van der Waals surface area contributed by atoms with E-state index in [9.17, 15) is 13.2 Å². The lowest BCUT2D eigenvalue weighted by Crippen LogP contribution is -2.22. The number of hydrogen-bond acceptors (Lipinski definition) is 5. The minimum absolute atomic E-state index is 0.127. The third-order valence-corrected chi connectivity index (χ3v) is 5.76.